The van der Waals surface area contributed by atoms with E-state index in [0.29, 0.717) is 5.69 Å². The first-order valence-electron chi connectivity index (χ1n) is 10.9. The predicted molar refractivity (Wildman–Crippen MR) is 132 cm³/mol. The summed E-state index contributed by atoms with van der Waals surface area (Å²) in [5, 5.41) is 2.91. The Hall–Kier alpha value is -2.87. The van der Waals surface area contributed by atoms with Crippen molar-refractivity contribution in [2.75, 3.05) is 17.1 Å². The molecule has 2 aromatic rings. The van der Waals surface area contributed by atoms with Crippen LogP contribution in [0.25, 0.3) is 0 Å². The SMILES string of the molecule is Cc1cccc(N(CC(=O)N(Cc2ccccc2C)[C@H](C)C(=O)NC(C)(C)C)S(C)(=O)=O)c1. The Balaban J connectivity index is 2.42. The lowest BCUT2D eigenvalue weighted by Crippen LogP contribution is -2.54. The lowest BCUT2D eigenvalue weighted by molar-refractivity contribution is -0.140. The average Bonchev–Trinajstić information content (AvgIpc) is 2.68. The smallest absolute Gasteiger partial charge is 0.244 e. The van der Waals surface area contributed by atoms with Gasteiger partial charge in [0.05, 0.1) is 11.9 Å². The number of nitrogens with one attached hydrogen (secondary N) is 1. The van der Waals surface area contributed by atoms with Crippen LogP contribution >= 0.6 is 0 Å². The quantitative estimate of drug-likeness (QED) is 0.637. The first-order valence-corrected chi connectivity index (χ1v) is 12.7. The highest BCUT2D eigenvalue weighted by Crippen LogP contribution is 2.21. The number of amides is 2. The van der Waals surface area contributed by atoms with Gasteiger partial charge in [-0.2, -0.15) is 0 Å². The van der Waals surface area contributed by atoms with Crippen molar-refractivity contribution in [3.05, 3.63) is 65.2 Å². The summed E-state index contributed by atoms with van der Waals surface area (Å²) in [6.45, 7) is 10.9. The van der Waals surface area contributed by atoms with Gasteiger partial charge in [0, 0.05) is 12.1 Å². The molecule has 8 heteroatoms. The number of sulfonamides is 1. The van der Waals surface area contributed by atoms with Gasteiger partial charge in [0.15, 0.2) is 0 Å². The van der Waals surface area contributed by atoms with Gasteiger partial charge in [-0.25, -0.2) is 8.42 Å². The maximum atomic E-state index is 13.5. The molecule has 0 aromatic heterocycles. The summed E-state index contributed by atoms with van der Waals surface area (Å²) in [7, 11) is -3.73. The second kappa shape index (κ2) is 10.4. The van der Waals surface area contributed by atoms with Gasteiger partial charge in [0.2, 0.25) is 21.8 Å². The second-order valence-corrected chi connectivity index (χ2v) is 11.4. The van der Waals surface area contributed by atoms with Gasteiger partial charge in [-0.15, -0.1) is 0 Å². The van der Waals surface area contributed by atoms with Crippen LogP contribution < -0.4 is 9.62 Å². The molecule has 2 aromatic carbocycles. The first-order chi connectivity index (χ1) is 15.2. The number of hydrogen-bond donors (Lipinski definition) is 1. The maximum absolute atomic E-state index is 13.5. The van der Waals surface area contributed by atoms with Crippen molar-refractivity contribution in [2.45, 2.75) is 59.7 Å². The minimum absolute atomic E-state index is 0.190. The van der Waals surface area contributed by atoms with Crippen molar-refractivity contribution in [3.63, 3.8) is 0 Å². The molecule has 0 heterocycles. The minimum Gasteiger partial charge on any atom is -0.350 e. The Kier molecular flexibility index (Phi) is 8.30. The molecule has 0 aliphatic rings. The van der Waals surface area contributed by atoms with Gasteiger partial charge < -0.3 is 10.2 Å². The van der Waals surface area contributed by atoms with Gasteiger partial charge in [-0.1, -0.05) is 36.4 Å². The van der Waals surface area contributed by atoms with Gasteiger partial charge in [0.1, 0.15) is 12.6 Å². The van der Waals surface area contributed by atoms with Crippen LogP contribution in [0.2, 0.25) is 0 Å². The molecule has 0 saturated heterocycles. The summed E-state index contributed by atoms with van der Waals surface area (Å²) >= 11 is 0. The van der Waals surface area contributed by atoms with Gasteiger partial charge >= 0.3 is 0 Å². The number of carbonyl (C=O) groups excluding carboxylic acids is 2. The number of hydrogen-bond acceptors (Lipinski definition) is 4. The highest BCUT2D eigenvalue weighted by molar-refractivity contribution is 7.92. The van der Waals surface area contributed by atoms with Crippen LogP contribution in [0.15, 0.2) is 48.5 Å². The van der Waals surface area contributed by atoms with Crippen LogP contribution in [0, 0.1) is 13.8 Å². The molecule has 33 heavy (non-hydrogen) atoms. The van der Waals surface area contributed by atoms with E-state index in [1.165, 1.54) is 4.90 Å². The van der Waals surface area contributed by atoms with Crippen molar-refractivity contribution in [2.24, 2.45) is 0 Å². The number of anilines is 1. The maximum Gasteiger partial charge on any atom is 0.244 e. The fraction of sp³-hybridized carbons (Fsp3) is 0.440. The molecule has 180 valence electrons. The molecule has 0 spiro atoms. The molecule has 2 amide bonds. The molecular weight excluding hydrogens is 438 g/mol. The molecule has 1 N–H and O–H groups in total. The van der Waals surface area contributed by atoms with E-state index in [1.54, 1.807) is 25.1 Å². The van der Waals surface area contributed by atoms with E-state index in [4.69, 9.17) is 0 Å². The average molecular weight is 474 g/mol. The standard InChI is InChI=1S/C25H35N3O4S/c1-18-11-10-14-22(15-18)28(33(7,31)32)17-23(29)27(16-21-13-9-8-12-19(21)2)20(3)24(30)26-25(4,5)6/h8-15,20H,16-17H2,1-7H3,(H,26,30)/t20-/m1/s1. The van der Waals surface area contributed by atoms with Crippen molar-refractivity contribution in [3.8, 4) is 0 Å². The minimum atomic E-state index is -3.73. The zero-order valence-electron chi connectivity index (χ0n) is 20.5. The van der Waals surface area contributed by atoms with E-state index in [9.17, 15) is 18.0 Å². The summed E-state index contributed by atoms with van der Waals surface area (Å²) in [6, 6.07) is 13.8. The number of carbonyl (C=O) groups is 2. The molecule has 0 saturated carbocycles. The second-order valence-electron chi connectivity index (χ2n) is 9.47. The third-order valence-electron chi connectivity index (χ3n) is 5.24. The molecule has 0 radical (unpaired) electrons. The van der Waals surface area contributed by atoms with Crippen molar-refractivity contribution < 1.29 is 18.0 Å². The van der Waals surface area contributed by atoms with E-state index >= 15 is 0 Å². The molecular formula is C25H35N3O4S. The molecule has 7 nitrogen and oxygen atoms in total. The first kappa shape index (κ1) is 26.4. The summed E-state index contributed by atoms with van der Waals surface area (Å²) in [5.41, 5.74) is 2.69. The highest BCUT2D eigenvalue weighted by atomic mass is 32.2. The number of rotatable bonds is 8. The molecule has 0 fully saturated rings. The number of benzene rings is 2. The molecule has 2 rings (SSSR count). The molecule has 1 atom stereocenters. The Labute approximate surface area is 197 Å². The fourth-order valence-electron chi connectivity index (χ4n) is 3.42. The Morgan fingerprint density at radius 1 is 1.03 bits per heavy atom. The molecule has 0 aliphatic heterocycles. The number of nitrogens with zero attached hydrogens (tertiary/aromatic N) is 2. The third kappa shape index (κ3) is 7.60. The molecule has 0 bridgehead atoms. The Bertz CT molecular complexity index is 1110. The van der Waals surface area contributed by atoms with Gasteiger partial charge in [-0.3, -0.25) is 13.9 Å². The van der Waals surface area contributed by atoms with Crippen LogP contribution in [0.4, 0.5) is 5.69 Å². The summed E-state index contributed by atoms with van der Waals surface area (Å²) in [6.07, 6.45) is 1.07. The van der Waals surface area contributed by atoms with Crippen LogP contribution in [-0.2, 0) is 26.2 Å². The van der Waals surface area contributed by atoms with Crippen LogP contribution in [0.1, 0.15) is 44.4 Å². The fourth-order valence-corrected chi connectivity index (χ4v) is 4.27. The normalized spacial score (nSPS) is 12.7. The summed E-state index contributed by atoms with van der Waals surface area (Å²) < 4.78 is 26.2. The van der Waals surface area contributed by atoms with E-state index in [0.717, 1.165) is 27.3 Å². The lowest BCUT2D eigenvalue weighted by Gasteiger charge is -2.33. The highest BCUT2D eigenvalue weighted by Gasteiger charge is 2.31. The van der Waals surface area contributed by atoms with E-state index in [2.05, 4.69) is 5.32 Å². The Morgan fingerprint density at radius 2 is 1.67 bits per heavy atom. The van der Waals surface area contributed by atoms with Crippen molar-refractivity contribution in [1.82, 2.24) is 10.2 Å². The zero-order valence-corrected chi connectivity index (χ0v) is 21.4. The molecule has 0 aliphatic carbocycles. The monoisotopic (exact) mass is 473 g/mol. The van der Waals surface area contributed by atoms with E-state index in [-0.39, 0.29) is 12.5 Å². The largest absolute Gasteiger partial charge is 0.350 e. The van der Waals surface area contributed by atoms with Gasteiger partial charge in [0.25, 0.3) is 0 Å². The van der Waals surface area contributed by atoms with E-state index in [1.807, 2.05) is 65.0 Å². The van der Waals surface area contributed by atoms with E-state index < -0.39 is 34.1 Å². The van der Waals surface area contributed by atoms with Gasteiger partial charge in [-0.05, 0) is 70.4 Å². The molecule has 0 unspecified atom stereocenters. The summed E-state index contributed by atoms with van der Waals surface area (Å²) in [4.78, 5) is 27.9. The third-order valence-corrected chi connectivity index (χ3v) is 6.38. The van der Waals surface area contributed by atoms with Crippen molar-refractivity contribution >= 4 is 27.5 Å². The van der Waals surface area contributed by atoms with Crippen LogP contribution in [-0.4, -0.2) is 49.5 Å². The topological polar surface area (TPSA) is 86.8 Å². The van der Waals surface area contributed by atoms with Crippen LogP contribution in [0.3, 0.4) is 0 Å². The van der Waals surface area contributed by atoms with Crippen LogP contribution in [0.5, 0.6) is 0 Å². The lowest BCUT2D eigenvalue weighted by atomic mass is 10.1. The summed E-state index contributed by atoms with van der Waals surface area (Å²) in [5.74, 6) is -0.757. The van der Waals surface area contributed by atoms with Crippen molar-refractivity contribution in [1.29, 1.82) is 0 Å². The predicted octanol–water partition coefficient (Wildman–Crippen LogP) is 3.40. The Morgan fingerprint density at radius 3 is 2.21 bits per heavy atom. The zero-order chi connectivity index (χ0) is 25.0. The number of aryl methyl sites for hydroxylation is 2.